The van der Waals surface area contributed by atoms with Crippen LogP contribution in [0.5, 0.6) is 0 Å². The van der Waals surface area contributed by atoms with Crippen LogP contribution < -0.4 is 0 Å². The van der Waals surface area contributed by atoms with Crippen LogP contribution in [0.25, 0.3) is 0 Å². The van der Waals surface area contributed by atoms with Crippen molar-refractivity contribution >= 4 is 5.91 Å². The first kappa shape index (κ1) is 11.9. The maximum Gasteiger partial charge on any atom is 0.254 e. The molecule has 2 bridgehead atoms. The van der Waals surface area contributed by atoms with Crippen molar-refractivity contribution in [2.24, 2.45) is 0 Å². The molecule has 3 fully saturated rings. The van der Waals surface area contributed by atoms with Gasteiger partial charge in [-0.05, 0) is 34.1 Å². The quantitative estimate of drug-likeness (QED) is 0.743. The van der Waals surface area contributed by atoms with Gasteiger partial charge in [0.1, 0.15) is 5.60 Å². The summed E-state index contributed by atoms with van der Waals surface area (Å²) in [6.45, 7) is 9.43. The molecule has 0 spiro atoms. The summed E-state index contributed by atoms with van der Waals surface area (Å²) in [4.78, 5) is 16.3. The molecule has 1 amide bonds. The molecule has 3 aliphatic rings. The molecular formula is C12H22N2O2. The second-order valence-corrected chi connectivity index (χ2v) is 5.86. The number of piperidine rings is 1. The molecule has 0 aliphatic carbocycles. The lowest BCUT2D eigenvalue weighted by atomic mass is 9.85. The minimum absolute atomic E-state index is 0.114. The lowest BCUT2D eigenvalue weighted by Crippen LogP contribution is -2.73. The maximum absolute atomic E-state index is 12.0. The van der Waals surface area contributed by atoms with E-state index in [1.54, 1.807) is 13.8 Å². The Kier molecular flexibility index (Phi) is 2.75. The number of carbonyl (C=O) groups excluding carboxylic acids is 1. The van der Waals surface area contributed by atoms with Crippen LogP contribution in [-0.2, 0) is 4.79 Å². The van der Waals surface area contributed by atoms with Crippen molar-refractivity contribution in [1.82, 2.24) is 9.80 Å². The van der Waals surface area contributed by atoms with Crippen molar-refractivity contribution in [1.29, 1.82) is 0 Å². The van der Waals surface area contributed by atoms with Gasteiger partial charge < -0.3 is 10.0 Å². The van der Waals surface area contributed by atoms with Gasteiger partial charge in [-0.25, -0.2) is 0 Å². The number of rotatable bonds is 2. The number of hydrogen-bond acceptors (Lipinski definition) is 3. The summed E-state index contributed by atoms with van der Waals surface area (Å²) >= 11 is 0. The summed E-state index contributed by atoms with van der Waals surface area (Å²) in [6.07, 6.45) is 1.10. The van der Waals surface area contributed by atoms with Crippen LogP contribution in [0.1, 0.15) is 34.1 Å². The maximum atomic E-state index is 12.0. The highest BCUT2D eigenvalue weighted by molar-refractivity contribution is 5.85. The van der Waals surface area contributed by atoms with E-state index in [-0.39, 0.29) is 5.91 Å². The van der Waals surface area contributed by atoms with Crippen LogP contribution in [-0.4, -0.2) is 57.6 Å². The fraction of sp³-hybridized carbons (Fsp3) is 0.917. The largest absolute Gasteiger partial charge is 0.381 e. The van der Waals surface area contributed by atoms with E-state index in [0.29, 0.717) is 18.1 Å². The average Bonchev–Trinajstić information content (AvgIpc) is 2.16. The predicted octanol–water partition coefficient (Wildman–Crippen LogP) is 0.451. The minimum atomic E-state index is -1.23. The van der Waals surface area contributed by atoms with E-state index in [0.717, 1.165) is 19.5 Å². The van der Waals surface area contributed by atoms with E-state index in [1.165, 1.54) is 0 Å². The molecule has 2 unspecified atom stereocenters. The van der Waals surface area contributed by atoms with Gasteiger partial charge in [0.25, 0.3) is 5.91 Å². The van der Waals surface area contributed by atoms with Gasteiger partial charge in [-0.3, -0.25) is 9.69 Å². The number of hydrogen-bond donors (Lipinski definition) is 1. The molecule has 4 nitrogen and oxygen atoms in total. The summed E-state index contributed by atoms with van der Waals surface area (Å²) in [5.74, 6) is -0.114. The molecule has 92 valence electrons. The fourth-order valence-electron chi connectivity index (χ4n) is 2.71. The minimum Gasteiger partial charge on any atom is -0.381 e. The van der Waals surface area contributed by atoms with Gasteiger partial charge in [0, 0.05) is 31.2 Å². The van der Waals surface area contributed by atoms with Crippen molar-refractivity contribution in [2.75, 3.05) is 13.1 Å². The third kappa shape index (κ3) is 1.84. The topological polar surface area (TPSA) is 43.8 Å². The second-order valence-electron chi connectivity index (χ2n) is 5.86. The smallest absolute Gasteiger partial charge is 0.254 e. The zero-order valence-electron chi connectivity index (χ0n) is 10.6. The van der Waals surface area contributed by atoms with E-state index in [4.69, 9.17) is 0 Å². The Labute approximate surface area is 97.2 Å². The molecule has 0 saturated carbocycles. The molecule has 3 heterocycles. The average molecular weight is 226 g/mol. The van der Waals surface area contributed by atoms with E-state index >= 15 is 0 Å². The molecule has 0 radical (unpaired) electrons. The van der Waals surface area contributed by atoms with Gasteiger partial charge in [-0.2, -0.15) is 0 Å². The summed E-state index contributed by atoms with van der Waals surface area (Å²) < 4.78 is 0. The van der Waals surface area contributed by atoms with Gasteiger partial charge in [0.2, 0.25) is 0 Å². The lowest BCUT2D eigenvalue weighted by Gasteiger charge is -2.58. The summed E-state index contributed by atoms with van der Waals surface area (Å²) in [7, 11) is 0. The molecule has 0 aromatic rings. The van der Waals surface area contributed by atoms with Crippen LogP contribution in [0.3, 0.4) is 0 Å². The highest BCUT2D eigenvalue weighted by atomic mass is 16.3. The number of amides is 1. The Balaban J connectivity index is 2.01. The standard InChI is InChI=1S/C12H22N2O2/c1-8(2)13-6-9-5-10(7-13)14(9)11(15)12(3,4)16/h8-10,16H,5-7H2,1-4H3. The number of piperazine rings is 1. The van der Waals surface area contributed by atoms with E-state index in [9.17, 15) is 9.90 Å². The van der Waals surface area contributed by atoms with Gasteiger partial charge in [-0.15, -0.1) is 0 Å². The van der Waals surface area contributed by atoms with E-state index in [1.807, 2.05) is 4.90 Å². The van der Waals surface area contributed by atoms with Crippen molar-refractivity contribution < 1.29 is 9.90 Å². The molecule has 3 rings (SSSR count). The van der Waals surface area contributed by atoms with Crippen molar-refractivity contribution in [3.05, 3.63) is 0 Å². The van der Waals surface area contributed by atoms with Crippen LogP contribution in [0, 0.1) is 0 Å². The highest BCUT2D eigenvalue weighted by Crippen LogP contribution is 2.34. The first-order valence-corrected chi connectivity index (χ1v) is 6.10. The van der Waals surface area contributed by atoms with Gasteiger partial charge in [0.15, 0.2) is 0 Å². The molecule has 1 N–H and O–H groups in total. The Bertz CT molecular complexity index is 284. The van der Waals surface area contributed by atoms with Crippen molar-refractivity contribution in [3.63, 3.8) is 0 Å². The van der Waals surface area contributed by atoms with Crippen LogP contribution >= 0.6 is 0 Å². The molecule has 16 heavy (non-hydrogen) atoms. The monoisotopic (exact) mass is 226 g/mol. The molecule has 4 heteroatoms. The molecular weight excluding hydrogens is 204 g/mol. The molecule has 3 aliphatic heterocycles. The van der Waals surface area contributed by atoms with Crippen LogP contribution in [0.4, 0.5) is 0 Å². The number of aliphatic hydroxyl groups is 1. The lowest BCUT2D eigenvalue weighted by molar-refractivity contribution is -0.171. The Hall–Kier alpha value is -0.610. The molecule has 3 saturated heterocycles. The van der Waals surface area contributed by atoms with E-state index in [2.05, 4.69) is 18.7 Å². The number of nitrogens with zero attached hydrogens (tertiary/aromatic N) is 2. The second kappa shape index (κ2) is 3.70. The van der Waals surface area contributed by atoms with E-state index < -0.39 is 5.60 Å². The van der Waals surface area contributed by atoms with Gasteiger partial charge >= 0.3 is 0 Å². The zero-order valence-corrected chi connectivity index (χ0v) is 10.6. The van der Waals surface area contributed by atoms with Gasteiger partial charge in [0.05, 0.1) is 0 Å². The van der Waals surface area contributed by atoms with Crippen molar-refractivity contribution in [3.8, 4) is 0 Å². The summed E-state index contributed by atoms with van der Waals surface area (Å²) in [5.41, 5.74) is -1.23. The SMILES string of the molecule is CC(C)N1CC2CC(C1)N2C(=O)C(C)(C)O. The molecule has 0 aromatic heterocycles. The van der Waals surface area contributed by atoms with Crippen LogP contribution in [0.15, 0.2) is 0 Å². The Morgan fingerprint density at radius 3 is 2.19 bits per heavy atom. The first-order chi connectivity index (χ1) is 7.30. The third-order valence-electron chi connectivity index (χ3n) is 3.71. The molecule has 0 aromatic carbocycles. The number of carbonyl (C=O) groups is 1. The Morgan fingerprint density at radius 1 is 1.31 bits per heavy atom. The third-order valence-corrected chi connectivity index (χ3v) is 3.71. The number of fused-ring (bicyclic) bond motifs is 2. The van der Waals surface area contributed by atoms with Crippen molar-refractivity contribution in [2.45, 2.75) is 57.8 Å². The summed E-state index contributed by atoms with van der Waals surface area (Å²) in [6, 6.07) is 1.19. The zero-order chi connectivity index (χ0) is 12.1. The highest BCUT2D eigenvalue weighted by Gasteiger charge is 2.50. The first-order valence-electron chi connectivity index (χ1n) is 6.10. The predicted molar refractivity (Wildman–Crippen MR) is 62.0 cm³/mol. The summed E-state index contributed by atoms with van der Waals surface area (Å²) in [5, 5.41) is 9.75. The van der Waals surface area contributed by atoms with Crippen LogP contribution in [0.2, 0.25) is 0 Å². The fourth-order valence-corrected chi connectivity index (χ4v) is 2.71. The Morgan fingerprint density at radius 2 is 1.81 bits per heavy atom. The normalized spacial score (nSPS) is 30.5. The molecule has 2 atom stereocenters. The van der Waals surface area contributed by atoms with Gasteiger partial charge in [-0.1, -0.05) is 0 Å².